The van der Waals surface area contributed by atoms with Crippen LogP contribution in [0.15, 0.2) is 6.33 Å². The van der Waals surface area contributed by atoms with Gasteiger partial charge in [0.25, 0.3) is 0 Å². The summed E-state index contributed by atoms with van der Waals surface area (Å²) < 4.78 is 0. The maximum atomic E-state index is 10.8. The van der Waals surface area contributed by atoms with Crippen molar-refractivity contribution in [2.45, 2.75) is 13.0 Å². The Morgan fingerprint density at radius 1 is 1.53 bits per heavy atom. The topological polar surface area (TPSA) is 142 Å². The highest BCUT2D eigenvalue weighted by Gasteiger charge is 2.14. The van der Waals surface area contributed by atoms with E-state index in [0.29, 0.717) is 29.5 Å². The van der Waals surface area contributed by atoms with E-state index in [4.69, 9.17) is 5.73 Å². The summed E-state index contributed by atoms with van der Waals surface area (Å²) in [5.74, 6) is 0.0613. The lowest BCUT2D eigenvalue weighted by Gasteiger charge is -2.10. The van der Waals surface area contributed by atoms with Crippen molar-refractivity contribution in [2.24, 2.45) is 5.73 Å². The number of fused-ring (bicyclic) bond motifs is 1. The van der Waals surface area contributed by atoms with Gasteiger partial charge in [0.1, 0.15) is 11.6 Å². The summed E-state index contributed by atoms with van der Waals surface area (Å²) in [5, 5.41) is 15.2. The van der Waals surface area contributed by atoms with Gasteiger partial charge in [-0.2, -0.15) is 9.97 Å². The number of aliphatic hydroxyl groups is 1. The molecule has 2 heterocycles. The van der Waals surface area contributed by atoms with Crippen LogP contribution in [0.2, 0.25) is 0 Å². The highest BCUT2D eigenvalue weighted by atomic mass is 16.3. The molecule has 0 aliphatic carbocycles. The number of nitrogens with zero attached hydrogens (tertiary/aromatic N) is 3. The summed E-state index contributed by atoms with van der Waals surface area (Å²) in [4.78, 5) is 26.1. The van der Waals surface area contributed by atoms with Gasteiger partial charge in [-0.3, -0.25) is 4.79 Å². The standard InChI is InChI=1S/C10H15N7O2/c1-2-12-10-16-8(13-3-5(18)7(11)19)6-9(17-10)15-4-14-6/h4-5,18H,2-3H2,1H3,(H2,11,19)(H3,12,13,14,15,16,17). The number of anilines is 2. The molecular formula is C10H15N7O2. The number of H-pyrrole nitrogens is 1. The number of hydrogen-bond acceptors (Lipinski definition) is 7. The SMILES string of the molecule is CCNc1nc(NCC(O)C(N)=O)c2[nH]cnc2n1. The first-order valence-corrected chi connectivity index (χ1v) is 5.78. The Bertz CT molecular complexity index is 582. The van der Waals surface area contributed by atoms with Crippen molar-refractivity contribution >= 4 is 28.8 Å². The first-order chi connectivity index (χ1) is 9.11. The third-order valence-corrected chi connectivity index (χ3v) is 2.41. The van der Waals surface area contributed by atoms with E-state index in [1.807, 2.05) is 6.92 Å². The van der Waals surface area contributed by atoms with Crippen molar-refractivity contribution in [3.63, 3.8) is 0 Å². The third-order valence-electron chi connectivity index (χ3n) is 2.41. The Hall–Kier alpha value is -2.42. The van der Waals surface area contributed by atoms with Crippen LogP contribution in [0.1, 0.15) is 6.92 Å². The van der Waals surface area contributed by atoms with Crippen LogP contribution in [-0.2, 0) is 4.79 Å². The molecule has 102 valence electrons. The Balaban J connectivity index is 2.24. The van der Waals surface area contributed by atoms with E-state index in [2.05, 4.69) is 30.6 Å². The van der Waals surface area contributed by atoms with E-state index in [1.165, 1.54) is 6.33 Å². The fraction of sp³-hybridized carbons (Fsp3) is 0.400. The molecule has 0 fully saturated rings. The van der Waals surface area contributed by atoms with Gasteiger partial charge < -0.3 is 26.5 Å². The maximum Gasteiger partial charge on any atom is 0.248 e. The Morgan fingerprint density at radius 3 is 3.00 bits per heavy atom. The average molecular weight is 265 g/mol. The highest BCUT2D eigenvalue weighted by Crippen LogP contribution is 2.18. The molecule has 0 bridgehead atoms. The Morgan fingerprint density at radius 2 is 2.32 bits per heavy atom. The van der Waals surface area contributed by atoms with Gasteiger partial charge in [-0.1, -0.05) is 0 Å². The first kappa shape index (κ1) is 13.0. The molecule has 0 aromatic carbocycles. The van der Waals surface area contributed by atoms with E-state index in [9.17, 15) is 9.90 Å². The van der Waals surface area contributed by atoms with Gasteiger partial charge in [-0.05, 0) is 6.92 Å². The van der Waals surface area contributed by atoms with Crippen LogP contribution in [-0.4, -0.2) is 50.1 Å². The molecule has 2 aromatic heterocycles. The van der Waals surface area contributed by atoms with Crippen molar-refractivity contribution in [1.29, 1.82) is 0 Å². The number of amides is 1. The number of carbonyl (C=O) groups excluding carboxylic acids is 1. The number of hydrogen-bond donors (Lipinski definition) is 5. The van der Waals surface area contributed by atoms with Crippen LogP contribution in [0.4, 0.5) is 11.8 Å². The van der Waals surface area contributed by atoms with Crippen LogP contribution < -0.4 is 16.4 Å². The molecule has 9 heteroatoms. The number of nitrogens with one attached hydrogen (secondary N) is 3. The normalized spacial score (nSPS) is 12.3. The van der Waals surface area contributed by atoms with Crippen molar-refractivity contribution in [2.75, 3.05) is 23.7 Å². The minimum Gasteiger partial charge on any atom is -0.381 e. The van der Waals surface area contributed by atoms with E-state index < -0.39 is 12.0 Å². The maximum absolute atomic E-state index is 10.8. The van der Waals surface area contributed by atoms with Gasteiger partial charge in [0, 0.05) is 6.54 Å². The monoisotopic (exact) mass is 265 g/mol. The summed E-state index contributed by atoms with van der Waals surface area (Å²) in [6, 6.07) is 0. The predicted octanol–water partition coefficient (Wildman–Crippen LogP) is -0.957. The van der Waals surface area contributed by atoms with Gasteiger partial charge in [0.05, 0.1) is 12.9 Å². The van der Waals surface area contributed by atoms with E-state index in [-0.39, 0.29) is 6.54 Å². The van der Waals surface area contributed by atoms with Crippen LogP contribution in [0.25, 0.3) is 11.2 Å². The zero-order valence-electron chi connectivity index (χ0n) is 10.3. The first-order valence-electron chi connectivity index (χ1n) is 5.78. The third kappa shape index (κ3) is 2.88. The summed E-state index contributed by atoms with van der Waals surface area (Å²) in [7, 11) is 0. The molecule has 0 radical (unpaired) electrons. The van der Waals surface area contributed by atoms with Crippen molar-refractivity contribution in [3.05, 3.63) is 6.33 Å². The zero-order valence-corrected chi connectivity index (χ0v) is 10.3. The highest BCUT2D eigenvalue weighted by molar-refractivity contribution is 5.84. The Kier molecular flexibility index (Phi) is 3.76. The number of aromatic nitrogens is 4. The smallest absolute Gasteiger partial charge is 0.248 e. The summed E-state index contributed by atoms with van der Waals surface area (Å²) in [6.45, 7) is 2.55. The second kappa shape index (κ2) is 5.48. The van der Waals surface area contributed by atoms with Crippen LogP contribution in [0.3, 0.4) is 0 Å². The van der Waals surface area contributed by atoms with Crippen LogP contribution in [0.5, 0.6) is 0 Å². The molecule has 1 atom stereocenters. The molecule has 0 spiro atoms. The molecule has 6 N–H and O–H groups in total. The van der Waals surface area contributed by atoms with Gasteiger partial charge in [-0.15, -0.1) is 0 Å². The zero-order chi connectivity index (χ0) is 13.8. The van der Waals surface area contributed by atoms with Crippen LogP contribution in [0, 0.1) is 0 Å². The van der Waals surface area contributed by atoms with E-state index in [1.54, 1.807) is 0 Å². The molecule has 19 heavy (non-hydrogen) atoms. The van der Waals surface area contributed by atoms with E-state index >= 15 is 0 Å². The molecule has 0 aliphatic heterocycles. The largest absolute Gasteiger partial charge is 0.381 e. The number of aromatic amines is 1. The van der Waals surface area contributed by atoms with Crippen molar-refractivity contribution in [1.82, 2.24) is 19.9 Å². The fourth-order valence-corrected chi connectivity index (χ4v) is 1.49. The summed E-state index contributed by atoms with van der Waals surface area (Å²) in [6.07, 6.45) is 0.209. The second-order valence-electron chi connectivity index (χ2n) is 3.83. The van der Waals surface area contributed by atoms with Gasteiger partial charge in [-0.25, -0.2) is 4.98 Å². The van der Waals surface area contributed by atoms with Gasteiger partial charge in [0.2, 0.25) is 11.9 Å². The molecule has 0 aliphatic rings. The van der Waals surface area contributed by atoms with E-state index in [0.717, 1.165) is 0 Å². The molecule has 1 unspecified atom stereocenters. The summed E-state index contributed by atoms with van der Waals surface area (Å²) >= 11 is 0. The second-order valence-corrected chi connectivity index (χ2v) is 3.83. The average Bonchev–Trinajstić information content (AvgIpc) is 2.84. The lowest BCUT2D eigenvalue weighted by Crippen LogP contribution is -2.34. The quantitative estimate of drug-likeness (QED) is 0.453. The molecule has 1 amide bonds. The fourth-order valence-electron chi connectivity index (χ4n) is 1.49. The number of nitrogens with two attached hydrogens (primary N) is 1. The number of carbonyl (C=O) groups is 1. The number of primary amides is 1. The number of aliphatic hydroxyl groups excluding tert-OH is 1. The summed E-state index contributed by atoms with van der Waals surface area (Å²) in [5.41, 5.74) is 6.06. The van der Waals surface area contributed by atoms with Crippen molar-refractivity contribution < 1.29 is 9.90 Å². The number of imidazole rings is 1. The molecule has 9 nitrogen and oxygen atoms in total. The molecule has 0 saturated carbocycles. The molecule has 0 saturated heterocycles. The van der Waals surface area contributed by atoms with Gasteiger partial charge >= 0.3 is 0 Å². The number of rotatable bonds is 6. The lowest BCUT2D eigenvalue weighted by atomic mass is 10.3. The molecule has 2 rings (SSSR count). The van der Waals surface area contributed by atoms with Gasteiger partial charge in [0.15, 0.2) is 11.5 Å². The molecular weight excluding hydrogens is 250 g/mol. The predicted molar refractivity (Wildman–Crippen MR) is 69.5 cm³/mol. The molecule has 2 aromatic rings. The minimum atomic E-state index is -1.28. The van der Waals surface area contributed by atoms with Crippen LogP contribution >= 0.6 is 0 Å². The lowest BCUT2D eigenvalue weighted by molar-refractivity contribution is -0.125. The minimum absolute atomic E-state index is 0.0357. The van der Waals surface area contributed by atoms with Crippen molar-refractivity contribution in [3.8, 4) is 0 Å². The Labute approximate surface area is 108 Å².